The molecule has 0 bridgehead atoms. The van der Waals surface area contributed by atoms with Gasteiger partial charge in [0.1, 0.15) is 0 Å². The second-order valence-corrected chi connectivity index (χ2v) is 5.78. The van der Waals surface area contributed by atoms with Crippen molar-refractivity contribution in [1.29, 1.82) is 0 Å². The molecule has 1 aliphatic heterocycles. The van der Waals surface area contributed by atoms with Crippen molar-refractivity contribution in [3.8, 4) is 0 Å². The number of hydrogen-bond donors (Lipinski definition) is 1. The van der Waals surface area contributed by atoms with E-state index in [4.69, 9.17) is 11.6 Å². The van der Waals surface area contributed by atoms with E-state index < -0.39 is 0 Å². The average Bonchev–Trinajstić information content (AvgIpc) is 2.45. The summed E-state index contributed by atoms with van der Waals surface area (Å²) in [7, 11) is 0. The summed E-state index contributed by atoms with van der Waals surface area (Å²) >= 11 is 5.90. The van der Waals surface area contributed by atoms with Gasteiger partial charge >= 0.3 is 0 Å². The van der Waals surface area contributed by atoms with Gasteiger partial charge in [0.15, 0.2) is 0 Å². The van der Waals surface area contributed by atoms with E-state index >= 15 is 0 Å². The third-order valence-electron chi connectivity index (χ3n) is 3.74. The van der Waals surface area contributed by atoms with E-state index in [1.165, 1.54) is 18.4 Å². The van der Waals surface area contributed by atoms with Gasteiger partial charge in [0.05, 0.1) is 6.54 Å². The molecule has 2 rings (SSSR count). The van der Waals surface area contributed by atoms with Gasteiger partial charge in [-0.25, -0.2) is 0 Å². The highest BCUT2D eigenvalue weighted by Crippen LogP contribution is 2.19. The molecule has 1 saturated heterocycles. The zero-order valence-corrected chi connectivity index (χ0v) is 12.7. The first-order valence-electron chi connectivity index (χ1n) is 7.24. The van der Waals surface area contributed by atoms with E-state index in [1.807, 2.05) is 18.7 Å². The van der Waals surface area contributed by atoms with Gasteiger partial charge < -0.3 is 5.32 Å². The molecule has 1 N–H and O–H groups in total. The number of piperidine rings is 1. The molecule has 1 aromatic rings. The Morgan fingerprint density at radius 1 is 1.40 bits per heavy atom. The van der Waals surface area contributed by atoms with Crippen LogP contribution in [0.1, 0.15) is 31.7 Å². The summed E-state index contributed by atoms with van der Waals surface area (Å²) in [4.78, 5) is 13.5. The molecule has 1 fully saturated rings. The van der Waals surface area contributed by atoms with Gasteiger partial charge in [0.25, 0.3) is 0 Å². The van der Waals surface area contributed by atoms with E-state index in [2.05, 4.69) is 22.3 Å². The molecule has 0 aromatic heterocycles. The standard InChI is InChI=1S/C16H22ClN2O/c1-13(20)18-12-16-4-2-3-10-19(16)11-9-14-5-7-15(17)8-6-14/h5-8,12,16H,2-4,9-11H2,1H3,(H,18,20). The zero-order chi connectivity index (χ0) is 14.4. The van der Waals surface area contributed by atoms with Crippen LogP contribution in [0, 0.1) is 6.54 Å². The number of hydrogen-bond acceptors (Lipinski definition) is 2. The fourth-order valence-corrected chi connectivity index (χ4v) is 2.75. The molecular weight excluding hydrogens is 272 g/mol. The summed E-state index contributed by atoms with van der Waals surface area (Å²) in [5, 5.41) is 3.61. The van der Waals surface area contributed by atoms with Gasteiger partial charge in [0.2, 0.25) is 5.91 Å². The average molecular weight is 294 g/mol. The Kier molecular flexibility index (Phi) is 5.86. The van der Waals surface area contributed by atoms with Crippen molar-refractivity contribution in [3.05, 3.63) is 41.4 Å². The lowest BCUT2D eigenvalue weighted by atomic mass is 10.0. The lowest BCUT2D eigenvalue weighted by Crippen LogP contribution is -2.44. The van der Waals surface area contributed by atoms with Crippen molar-refractivity contribution in [2.24, 2.45) is 0 Å². The summed E-state index contributed by atoms with van der Waals surface area (Å²) < 4.78 is 0. The SMILES string of the molecule is CC(=O)N[CH]C1CCCCN1CCc1ccc(Cl)cc1. The monoisotopic (exact) mass is 293 g/mol. The first-order valence-corrected chi connectivity index (χ1v) is 7.62. The Bertz CT molecular complexity index is 433. The van der Waals surface area contributed by atoms with Crippen molar-refractivity contribution < 1.29 is 4.79 Å². The van der Waals surface area contributed by atoms with Crippen LogP contribution in [0.15, 0.2) is 24.3 Å². The van der Waals surface area contributed by atoms with E-state index in [0.717, 1.165) is 31.0 Å². The number of nitrogens with one attached hydrogen (secondary N) is 1. The highest BCUT2D eigenvalue weighted by molar-refractivity contribution is 6.30. The minimum atomic E-state index is 0.00762. The molecule has 1 amide bonds. The van der Waals surface area contributed by atoms with Crippen LogP contribution in [-0.2, 0) is 11.2 Å². The number of carbonyl (C=O) groups is 1. The second-order valence-electron chi connectivity index (χ2n) is 5.34. The maximum Gasteiger partial charge on any atom is 0.217 e. The summed E-state index contributed by atoms with van der Waals surface area (Å²) in [6.07, 6.45) is 4.62. The van der Waals surface area contributed by atoms with Crippen LogP contribution in [-0.4, -0.2) is 29.9 Å². The first-order chi connectivity index (χ1) is 9.65. The molecule has 0 aliphatic carbocycles. The molecule has 0 spiro atoms. The minimum Gasteiger partial charge on any atom is -0.350 e. The molecule has 1 unspecified atom stereocenters. The Hall–Kier alpha value is -1.06. The highest BCUT2D eigenvalue weighted by Gasteiger charge is 2.22. The topological polar surface area (TPSA) is 32.3 Å². The second kappa shape index (κ2) is 7.65. The van der Waals surface area contributed by atoms with E-state index in [1.54, 1.807) is 6.92 Å². The third kappa shape index (κ3) is 4.80. The molecule has 4 heteroatoms. The summed E-state index contributed by atoms with van der Waals surface area (Å²) in [6, 6.07) is 8.40. The fourth-order valence-electron chi connectivity index (χ4n) is 2.62. The molecule has 1 atom stereocenters. The molecule has 1 aliphatic rings. The van der Waals surface area contributed by atoms with E-state index in [9.17, 15) is 4.79 Å². The number of benzene rings is 1. The van der Waals surface area contributed by atoms with Crippen LogP contribution in [0.3, 0.4) is 0 Å². The fraction of sp³-hybridized carbons (Fsp3) is 0.500. The van der Waals surface area contributed by atoms with Crippen molar-refractivity contribution in [2.45, 2.75) is 38.6 Å². The molecule has 1 heterocycles. The molecule has 1 radical (unpaired) electrons. The Morgan fingerprint density at radius 2 is 2.15 bits per heavy atom. The Labute approximate surface area is 126 Å². The quantitative estimate of drug-likeness (QED) is 0.905. The number of likely N-dealkylation sites (tertiary alicyclic amines) is 1. The van der Waals surface area contributed by atoms with Crippen LogP contribution in [0.4, 0.5) is 0 Å². The molecule has 1 aromatic carbocycles. The first kappa shape index (κ1) is 15.3. The number of amides is 1. The van der Waals surface area contributed by atoms with Crippen LogP contribution in [0.5, 0.6) is 0 Å². The van der Waals surface area contributed by atoms with E-state index in [-0.39, 0.29) is 5.91 Å². The number of nitrogens with zero attached hydrogens (tertiary/aromatic N) is 1. The van der Waals surface area contributed by atoms with Gasteiger partial charge in [0, 0.05) is 24.5 Å². The van der Waals surface area contributed by atoms with Gasteiger partial charge in [-0.15, -0.1) is 0 Å². The Morgan fingerprint density at radius 3 is 2.85 bits per heavy atom. The van der Waals surface area contributed by atoms with E-state index in [0.29, 0.717) is 6.04 Å². The van der Waals surface area contributed by atoms with Crippen molar-refractivity contribution in [1.82, 2.24) is 10.2 Å². The number of rotatable bonds is 5. The predicted molar refractivity (Wildman–Crippen MR) is 82.5 cm³/mol. The van der Waals surface area contributed by atoms with Crippen molar-refractivity contribution in [3.63, 3.8) is 0 Å². The lowest BCUT2D eigenvalue weighted by Gasteiger charge is -2.35. The van der Waals surface area contributed by atoms with Crippen LogP contribution >= 0.6 is 11.6 Å². The molecular formula is C16H22ClN2O. The number of halogens is 1. The largest absolute Gasteiger partial charge is 0.350 e. The summed E-state index contributed by atoms with van der Waals surface area (Å²) in [6.45, 7) is 5.62. The smallest absolute Gasteiger partial charge is 0.217 e. The van der Waals surface area contributed by atoms with Gasteiger partial charge in [-0.2, -0.15) is 0 Å². The predicted octanol–water partition coefficient (Wildman–Crippen LogP) is 3.03. The van der Waals surface area contributed by atoms with Gasteiger partial charge in [-0.05, 0) is 43.5 Å². The third-order valence-corrected chi connectivity index (χ3v) is 4.00. The maximum atomic E-state index is 11.0. The van der Waals surface area contributed by atoms with Crippen LogP contribution < -0.4 is 5.32 Å². The molecule has 109 valence electrons. The summed E-state index contributed by atoms with van der Waals surface area (Å²) in [5.41, 5.74) is 1.30. The lowest BCUT2D eigenvalue weighted by molar-refractivity contribution is -0.118. The highest BCUT2D eigenvalue weighted by atomic mass is 35.5. The van der Waals surface area contributed by atoms with Gasteiger partial charge in [-0.3, -0.25) is 9.69 Å². The number of carbonyl (C=O) groups excluding carboxylic acids is 1. The summed E-state index contributed by atoms with van der Waals surface area (Å²) in [5.74, 6) is 0.00762. The maximum absolute atomic E-state index is 11.0. The molecule has 0 saturated carbocycles. The molecule has 3 nitrogen and oxygen atoms in total. The minimum absolute atomic E-state index is 0.00762. The molecule has 20 heavy (non-hydrogen) atoms. The Balaban J connectivity index is 1.84. The van der Waals surface area contributed by atoms with Gasteiger partial charge in [-0.1, -0.05) is 30.2 Å². The van der Waals surface area contributed by atoms with Crippen LogP contribution in [0.25, 0.3) is 0 Å². The van der Waals surface area contributed by atoms with Crippen molar-refractivity contribution >= 4 is 17.5 Å². The van der Waals surface area contributed by atoms with Crippen LogP contribution in [0.2, 0.25) is 5.02 Å². The zero-order valence-electron chi connectivity index (χ0n) is 11.9. The normalized spacial score (nSPS) is 19.8. The van der Waals surface area contributed by atoms with Crippen molar-refractivity contribution in [2.75, 3.05) is 13.1 Å².